The lowest BCUT2D eigenvalue weighted by Gasteiger charge is -2.09. The van der Waals surface area contributed by atoms with Crippen molar-refractivity contribution in [2.75, 3.05) is 12.4 Å². The van der Waals surface area contributed by atoms with Gasteiger partial charge in [0.15, 0.2) is 10.9 Å². The lowest BCUT2D eigenvalue weighted by molar-refractivity contribution is 0.0697. The first-order valence-electron chi connectivity index (χ1n) is 10.3. The summed E-state index contributed by atoms with van der Waals surface area (Å²) in [5.41, 5.74) is 2.32. The van der Waals surface area contributed by atoms with Crippen LogP contribution in [0.4, 0.5) is 10.9 Å². The van der Waals surface area contributed by atoms with Gasteiger partial charge in [0.05, 0.1) is 22.8 Å². The number of aromatic nitrogens is 2. The predicted molar refractivity (Wildman–Crippen MR) is 140 cm³/mol. The molecular formula is C24H21Cl2N3O3S2. The van der Waals surface area contributed by atoms with E-state index in [2.05, 4.69) is 24.1 Å². The molecule has 0 saturated heterocycles. The Morgan fingerprint density at radius 1 is 1.21 bits per heavy atom. The molecule has 0 aliphatic heterocycles. The number of carbonyl (C=O) groups is 1. The molecule has 0 amide bonds. The molecule has 0 saturated carbocycles. The van der Waals surface area contributed by atoms with Gasteiger partial charge in [0.1, 0.15) is 11.4 Å². The number of anilines is 2. The molecule has 0 radical (unpaired) electrons. The van der Waals surface area contributed by atoms with Gasteiger partial charge in [0.25, 0.3) is 0 Å². The summed E-state index contributed by atoms with van der Waals surface area (Å²) in [6, 6.07) is 9.00. The molecule has 0 fully saturated rings. The van der Waals surface area contributed by atoms with Gasteiger partial charge in [-0.2, -0.15) is 0 Å². The van der Waals surface area contributed by atoms with E-state index in [1.165, 1.54) is 29.8 Å². The predicted octanol–water partition coefficient (Wildman–Crippen LogP) is 7.89. The van der Waals surface area contributed by atoms with Crippen molar-refractivity contribution in [1.82, 2.24) is 9.97 Å². The maximum Gasteiger partial charge on any atom is 0.339 e. The molecule has 34 heavy (non-hydrogen) atoms. The van der Waals surface area contributed by atoms with Gasteiger partial charge in [-0.25, -0.2) is 14.8 Å². The maximum atomic E-state index is 12.0. The van der Waals surface area contributed by atoms with Crippen LogP contribution in [0.25, 0.3) is 21.7 Å². The highest BCUT2D eigenvalue weighted by atomic mass is 35.5. The average molecular weight is 534 g/mol. The summed E-state index contributed by atoms with van der Waals surface area (Å²) in [4.78, 5) is 23.1. The maximum absolute atomic E-state index is 12.0. The van der Waals surface area contributed by atoms with Crippen LogP contribution in [0.5, 0.6) is 5.75 Å². The topological polar surface area (TPSA) is 84.3 Å². The van der Waals surface area contributed by atoms with Gasteiger partial charge < -0.3 is 15.2 Å². The highest BCUT2D eigenvalue weighted by Crippen LogP contribution is 2.41. The molecule has 0 bridgehead atoms. The zero-order chi connectivity index (χ0) is 24.4. The molecule has 3 heterocycles. The molecule has 0 unspecified atom stereocenters. The van der Waals surface area contributed by atoms with Crippen LogP contribution < -0.4 is 10.1 Å². The number of nitrogens with one attached hydrogen (secondary N) is 1. The van der Waals surface area contributed by atoms with Crippen LogP contribution in [0.1, 0.15) is 29.1 Å². The number of halogens is 2. The molecule has 0 aliphatic carbocycles. The highest BCUT2D eigenvalue weighted by Gasteiger charge is 2.20. The van der Waals surface area contributed by atoms with E-state index < -0.39 is 5.97 Å². The first-order valence-corrected chi connectivity index (χ1v) is 12.8. The van der Waals surface area contributed by atoms with Crippen LogP contribution in [0.2, 0.25) is 10.0 Å². The van der Waals surface area contributed by atoms with Crippen LogP contribution in [-0.4, -0.2) is 28.2 Å². The number of pyridine rings is 1. The van der Waals surface area contributed by atoms with Gasteiger partial charge in [-0.3, -0.25) is 0 Å². The molecule has 2 N–H and O–H groups in total. The Morgan fingerprint density at radius 2 is 1.94 bits per heavy atom. The Hall–Kier alpha value is -2.65. The Kier molecular flexibility index (Phi) is 7.42. The monoisotopic (exact) mass is 533 g/mol. The summed E-state index contributed by atoms with van der Waals surface area (Å²) in [5.74, 6) is -0.0439. The summed E-state index contributed by atoms with van der Waals surface area (Å²) in [7, 11) is 1.51. The average Bonchev–Trinajstić information content (AvgIpc) is 3.44. The van der Waals surface area contributed by atoms with Gasteiger partial charge in [-0.1, -0.05) is 43.1 Å². The number of thiophene rings is 1. The van der Waals surface area contributed by atoms with Crippen molar-refractivity contribution in [3.63, 3.8) is 0 Å². The number of benzene rings is 1. The number of rotatable bonds is 8. The van der Waals surface area contributed by atoms with E-state index in [-0.39, 0.29) is 11.4 Å². The van der Waals surface area contributed by atoms with Crippen LogP contribution in [0.3, 0.4) is 0 Å². The number of hydrogen-bond acceptors (Lipinski definition) is 7. The number of nitrogens with zero attached hydrogens (tertiary/aromatic N) is 2. The standard InChI is InChI=1S/C24H21Cl2N3O3S2/c1-12(2)7-19-20(13-9-16(25)21(32-3)17(26)10-13)28-24(34-19)29-22-15(23(30)31)8-14(11-27-22)18-5-4-6-33-18/h4-6,8-12H,7H2,1-3H3,(H,30,31)(H,27,28,29). The van der Waals surface area contributed by atoms with Gasteiger partial charge in [-0.15, -0.1) is 22.7 Å². The van der Waals surface area contributed by atoms with Gasteiger partial charge in [-0.05, 0) is 42.0 Å². The van der Waals surface area contributed by atoms with Crippen molar-refractivity contribution >= 4 is 62.8 Å². The largest absolute Gasteiger partial charge is 0.494 e. The first-order chi connectivity index (χ1) is 16.3. The second-order valence-electron chi connectivity index (χ2n) is 7.89. The van der Waals surface area contributed by atoms with E-state index in [0.717, 1.165) is 33.0 Å². The van der Waals surface area contributed by atoms with Gasteiger partial charge >= 0.3 is 5.97 Å². The molecule has 176 valence electrons. The van der Waals surface area contributed by atoms with Crippen LogP contribution in [-0.2, 0) is 6.42 Å². The first kappa shape index (κ1) is 24.5. The Balaban J connectivity index is 1.74. The van der Waals surface area contributed by atoms with E-state index >= 15 is 0 Å². The third-order valence-corrected chi connectivity index (χ3v) is 7.39. The number of methoxy groups -OCH3 is 1. The molecule has 4 aromatic rings. The van der Waals surface area contributed by atoms with Crippen LogP contribution in [0.15, 0.2) is 41.9 Å². The van der Waals surface area contributed by atoms with E-state index in [1.54, 1.807) is 24.4 Å². The summed E-state index contributed by atoms with van der Waals surface area (Å²) in [6.07, 6.45) is 2.44. The van der Waals surface area contributed by atoms with Crippen molar-refractivity contribution in [3.8, 4) is 27.4 Å². The van der Waals surface area contributed by atoms with E-state index in [9.17, 15) is 9.90 Å². The Labute approximate surface area is 215 Å². The lowest BCUT2D eigenvalue weighted by atomic mass is 10.0. The number of carboxylic acids is 1. The lowest BCUT2D eigenvalue weighted by Crippen LogP contribution is -2.05. The second-order valence-corrected chi connectivity index (χ2v) is 10.7. The number of ether oxygens (including phenoxy) is 1. The molecule has 0 atom stereocenters. The summed E-state index contributed by atoms with van der Waals surface area (Å²) < 4.78 is 5.26. The highest BCUT2D eigenvalue weighted by molar-refractivity contribution is 7.16. The fourth-order valence-electron chi connectivity index (χ4n) is 3.44. The zero-order valence-corrected chi connectivity index (χ0v) is 21.7. The summed E-state index contributed by atoms with van der Waals surface area (Å²) in [6.45, 7) is 4.25. The van der Waals surface area contributed by atoms with Crippen molar-refractivity contribution < 1.29 is 14.6 Å². The fourth-order valence-corrected chi connectivity index (χ4v) is 5.98. The van der Waals surface area contributed by atoms with Crippen LogP contribution in [0, 0.1) is 5.92 Å². The molecule has 6 nitrogen and oxygen atoms in total. The van der Waals surface area contributed by atoms with Crippen molar-refractivity contribution in [2.24, 2.45) is 5.92 Å². The van der Waals surface area contributed by atoms with E-state index in [1.807, 2.05) is 17.5 Å². The van der Waals surface area contributed by atoms with E-state index in [4.69, 9.17) is 32.9 Å². The number of aromatic carboxylic acids is 1. The minimum absolute atomic E-state index is 0.0728. The summed E-state index contributed by atoms with van der Waals surface area (Å²) in [5, 5.41) is 16.2. The molecule has 0 spiro atoms. The minimum atomic E-state index is -1.07. The Bertz CT molecular complexity index is 1310. The normalized spacial score (nSPS) is 11.1. The smallest absolute Gasteiger partial charge is 0.339 e. The van der Waals surface area contributed by atoms with Crippen molar-refractivity contribution in [2.45, 2.75) is 20.3 Å². The van der Waals surface area contributed by atoms with Crippen molar-refractivity contribution in [3.05, 3.63) is 62.4 Å². The molecule has 10 heteroatoms. The Morgan fingerprint density at radius 3 is 2.53 bits per heavy atom. The van der Waals surface area contributed by atoms with Gasteiger partial charge in [0, 0.05) is 27.1 Å². The number of hydrogen-bond donors (Lipinski definition) is 2. The quantitative estimate of drug-likeness (QED) is 0.239. The molecule has 4 rings (SSSR count). The van der Waals surface area contributed by atoms with E-state index in [0.29, 0.717) is 26.8 Å². The van der Waals surface area contributed by atoms with Gasteiger partial charge in [0.2, 0.25) is 0 Å². The molecule has 0 aliphatic rings. The third-order valence-electron chi connectivity index (χ3n) is 4.92. The number of carboxylic acid groups (broad SMARTS) is 1. The molecule has 1 aromatic carbocycles. The zero-order valence-electron chi connectivity index (χ0n) is 18.6. The van der Waals surface area contributed by atoms with Crippen molar-refractivity contribution in [1.29, 1.82) is 0 Å². The summed E-state index contributed by atoms with van der Waals surface area (Å²) >= 11 is 15.7. The molecule has 3 aromatic heterocycles. The molecular weight excluding hydrogens is 513 g/mol. The second kappa shape index (κ2) is 10.3. The van der Waals surface area contributed by atoms with Crippen LogP contribution >= 0.6 is 45.9 Å². The third kappa shape index (κ3) is 5.20. The fraction of sp³-hybridized carbons (Fsp3) is 0.208. The number of thiazole rings is 1. The SMILES string of the molecule is COc1c(Cl)cc(-c2nc(Nc3ncc(-c4cccs4)cc3C(=O)O)sc2CC(C)C)cc1Cl. The minimum Gasteiger partial charge on any atom is -0.494 e.